The van der Waals surface area contributed by atoms with Crippen LogP contribution < -0.4 is 15.5 Å². The number of hydrogen-bond donors (Lipinski definition) is 2. The van der Waals surface area contributed by atoms with Crippen LogP contribution in [0.5, 0.6) is 0 Å². The van der Waals surface area contributed by atoms with Crippen molar-refractivity contribution in [2.24, 2.45) is 0 Å². The number of fused-ring (bicyclic) bond motifs is 2. The van der Waals surface area contributed by atoms with Gasteiger partial charge in [-0.1, -0.05) is 6.07 Å². The van der Waals surface area contributed by atoms with Gasteiger partial charge in [-0.2, -0.15) is 5.10 Å². The second-order valence-electron chi connectivity index (χ2n) is 8.54. The van der Waals surface area contributed by atoms with Gasteiger partial charge in [-0.25, -0.2) is 24.5 Å². The average Bonchev–Trinajstić information content (AvgIpc) is 3.34. The predicted molar refractivity (Wildman–Crippen MR) is 140 cm³/mol. The highest BCUT2D eigenvalue weighted by Crippen LogP contribution is 2.26. The van der Waals surface area contributed by atoms with Crippen molar-refractivity contribution in [1.82, 2.24) is 34.9 Å². The molecule has 1 aliphatic rings. The van der Waals surface area contributed by atoms with Crippen LogP contribution in [0, 0.1) is 6.92 Å². The number of benzene rings is 1. The number of hydrogen-bond acceptors (Lipinski definition) is 8. The van der Waals surface area contributed by atoms with Gasteiger partial charge in [0.05, 0.1) is 5.52 Å². The van der Waals surface area contributed by atoms with Gasteiger partial charge in [-0.15, -0.1) is 12.4 Å². The molecule has 0 spiro atoms. The number of pyridine rings is 2. The minimum Gasteiger partial charge on any atom is -0.354 e. The Morgan fingerprint density at radius 3 is 2.71 bits per heavy atom. The van der Waals surface area contributed by atoms with Crippen molar-refractivity contribution in [1.29, 1.82) is 0 Å². The van der Waals surface area contributed by atoms with E-state index in [1.54, 1.807) is 17.2 Å². The monoisotopic (exact) mass is 487 g/mol. The average molecular weight is 488 g/mol. The standard InChI is InChI=1S/C25H25N9.ClH/c1-17-12-20(3-2-19(17)13-18-6-9-34-23(14-18)28-16-30-34)31-25-24-21(27-15-29-25)4-5-22(32-24)33-10-7-26-8-11-33;/h2-6,9,12,14-16,26H,7-8,10-11,13H2,1H3,(H,27,29,31);1H. The lowest BCUT2D eigenvalue weighted by molar-refractivity contribution is 0.585. The number of rotatable bonds is 5. The summed E-state index contributed by atoms with van der Waals surface area (Å²) in [6, 6.07) is 14.6. The van der Waals surface area contributed by atoms with E-state index in [9.17, 15) is 0 Å². The zero-order valence-corrected chi connectivity index (χ0v) is 20.2. The Bertz CT molecular complexity index is 1480. The molecular weight excluding hydrogens is 462 g/mol. The van der Waals surface area contributed by atoms with E-state index in [0.717, 1.165) is 60.8 Å². The van der Waals surface area contributed by atoms with Crippen LogP contribution in [0.3, 0.4) is 0 Å². The molecule has 5 aromatic rings. The number of anilines is 3. The lowest BCUT2D eigenvalue weighted by Crippen LogP contribution is -2.43. The smallest absolute Gasteiger partial charge is 0.160 e. The Kier molecular flexibility index (Phi) is 6.43. The first-order valence-corrected chi connectivity index (χ1v) is 11.5. The fraction of sp³-hybridized carbons (Fsp3) is 0.240. The molecule has 1 aromatic carbocycles. The van der Waals surface area contributed by atoms with Gasteiger partial charge in [0.15, 0.2) is 11.5 Å². The van der Waals surface area contributed by atoms with Gasteiger partial charge in [0.2, 0.25) is 0 Å². The lowest BCUT2D eigenvalue weighted by Gasteiger charge is -2.28. The molecule has 6 rings (SSSR count). The first kappa shape index (κ1) is 22.9. The minimum atomic E-state index is 0. The van der Waals surface area contributed by atoms with E-state index in [1.807, 2.05) is 18.3 Å². The number of aromatic nitrogens is 6. The van der Waals surface area contributed by atoms with E-state index in [1.165, 1.54) is 16.7 Å². The van der Waals surface area contributed by atoms with Crippen molar-refractivity contribution < 1.29 is 0 Å². The predicted octanol–water partition coefficient (Wildman–Crippen LogP) is 3.54. The number of nitrogens with one attached hydrogen (secondary N) is 2. The van der Waals surface area contributed by atoms with Crippen LogP contribution >= 0.6 is 12.4 Å². The van der Waals surface area contributed by atoms with Crippen molar-refractivity contribution in [2.45, 2.75) is 13.3 Å². The van der Waals surface area contributed by atoms with Crippen molar-refractivity contribution >= 4 is 46.4 Å². The van der Waals surface area contributed by atoms with E-state index in [0.29, 0.717) is 5.82 Å². The first-order valence-electron chi connectivity index (χ1n) is 11.5. The summed E-state index contributed by atoms with van der Waals surface area (Å²) in [6.07, 6.45) is 5.94. The van der Waals surface area contributed by atoms with E-state index >= 15 is 0 Å². The summed E-state index contributed by atoms with van der Waals surface area (Å²) in [5.41, 5.74) is 7.12. The van der Waals surface area contributed by atoms with E-state index in [-0.39, 0.29) is 12.4 Å². The summed E-state index contributed by atoms with van der Waals surface area (Å²) in [4.78, 5) is 20.4. The van der Waals surface area contributed by atoms with Gasteiger partial charge >= 0.3 is 0 Å². The quantitative estimate of drug-likeness (QED) is 0.388. The molecule has 1 aliphatic heterocycles. The lowest BCUT2D eigenvalue weighted by atomic mass is 10.0. The SMILES string of the molecule is Cc1cc(Nc2ncnc3ccc(N4CCNCC4)nc23)ccc1Cc1ccn2ncnc2c1.Cl. The number of aryl methyl sites for hydroxylation is 1. The van der Waals surface area contributed by atoms with Gasteiger partial charge in [0.1, 0.15) is 24.0 Å². The topological polar surface area (TPSA) is 96.2 Å². The number of nitrogens with zero attached hydrogens (tertiary/aromatic N) is 7. The van der Waals surface area contributed by atoms with Crippen LogP contribution in [0.25, 0.3) is 16.7 Å². The maximum Gasteiger partial charge on any atom is 0.160 e. The highest BCUT2D eigenvalue weighted by Gasteiger charge is 2.14. The molecule has 4 aromatic heterocycles. The molecule has 0 amide bonds. The van der Waals surface area contributed by atoms with Crippen molar-refractivity contribution in [2.75, 3.05) is 36.4 Å². The zero-order chi connectivity index (χ0) is 22.9. The van der Waals surface area contributed by atoms with E-state index in [2.05, 4.69) is 72.8 Å². The maximum absolute atomic E-state index is 4.91. The van der Waals surface area contributed by atoms with Crippen LogP contribution in [-0.4, -0.2) is 55.7 Å². The van der Waals surface area contributed by atoms with Crippen LogP contribution in [0.15, 0.2) is 61.3 Å². The molecule has 0 aliphatic carbocycles. The first-order chi connectivity index (χ1) is 16.7. The molecule has 0 bridgehead atoms. The molecular formula is C25H26ClN9. The molecule has 1 saturated heterocycles. The molecule has 35 heavy (non-hydrogen) atoms. The van der Waals surface area contributed by atoms with Gasteiger partial charge in [-0.05, 0) is 66.4 Å². The van der Waals surface area contributed by atoms with Gasteiger partial charge < -0.3 is 15.5 Å². The molecule has 0 unspecified atom stereocenters. The third-order valence-corrected chi connectivity index (χ3v) is 6.25. The highest BCUT2D eigenvalue weighted by molar-refractivity contribution is 5.88. The Morgan fingerprint density at radius 2 is 1.86 bits per heavy atom. The zero-order valence-electron chi connectivity index (χ0n) is 19.3. The summed E-state index contributed by atoms with van der Waals surface area (Å²) < 4.78 is 1.77. The molecule has 9 nitrogen and oxygen atoms in total. The largest absolute Gasteiger partial charge is 0.354 e. The van der Waals surface area contributed by atoms with Crippen LogP contribution in [0.1, 0.15) is 16.7 Å². The van der Waals surface area contributed by atoms with Crippen LogP contribution in [-0.2, 0) is 6.42 Å². The number of piperazine rings is 1. The molecule has 178 valence electrons. The van der Waals surface area contributed by atoms with E-state index in [4.69, 9.17) is 4.98 Å². The summed E-state index contributed by atoms with van der Waals surface area (Å²) in [6.45, 7) is 5.96. The Morgan fingerprint density at radius 1 is 0.971 bits per heavy atom. The molecule has 2 N–H and O–H groups in total. The Labute approximate surface area is 209 Å². The van der Waals surface area contributed by atoms with Gasteiger partial charge in [0.25, 0.3) is 0 Å². The third kappa shape index (κ3) is 4.73. The van der Waals surface area contributed by atoms with Crippen molar-refractivity contribution in [3.05, 3.63) is 78.0 Å². The summed E-state index contributed by atoms with van der Waals surface area (Å²) in [5.74, 6) is 1.68. The molecule has 0 saturated carbocycles. The fourth-order valence-electron chi connectivity index (χ4n) is 4.39. The third-order valence-electron chi connectivity index (χ3n) is 6.25. The van der Waals surface area contributed by atoms with Gasteiger partial charge in [-0.3, -0.25) is 0 Å². The van der Waals surface area contributed by atoms with Crippen molar-refractivity contribution in [3.8, 4) is 0 Å². The Hall–Kier alpha value is -3.82. The fourth-order valence-corrected chi connectivity index (χ4v) is 4.39. The molecule has 1 fully saturated rings. The van der Waals surface area contributed by atoms with Crippen LogP contribution in [0.2, 0.25) is 0 Å². The summed E-state index contributed by atoms with van der Waals surface area (Å²) in [5, 5.41) is 11.0. The van der Waals surface area contributed by atoms with Gasteiger partial charge in [0, 0.05) is 38.1 Å². The minimum absolute atomic E-state index is 0. The molecule has 0 atom stereocenters. The van der Waals surface area contributed by atoms with Crippen LogP contribution in [0.4, 0.5) is 17.3 Å². The molecule has 0 radical (unpaired) electrons. The second-order valence-corrected chi connectivity index (χ2v) is 8.54. The molecule has 10 heteroatoms. The maximum atomic E-state index is 4.91. The second kappa shape index (κ2) is 9.81. The summed E-state index contributed by atoms with van der Waals surface area (Å²) >= 11 is 0. The van der Waals surface area contributed by atoms with Crippen molar-refractivity contribution in [3.63, 3.8) is 0 Å². The highest BCUT2D eigenvalue weighted by atomic mass is 35.5. The molecule has 5 heterocycles. The normalized spacial score (nSPS) is 13.7. The summed E-state index contributed by atoms with van der Waals surface area (Å²) in [7, 11) is 0. The Balaban J connectivity index is 0.00000253. The van der Waals surface area contributed by atoms with E-state index < -0.39 is 0 Å². The number of halogens is 1.